The molecule has 1 saturated heterocycles. The van der Waals surface area contributed by atoms with Gasteiger partial charge in [-0.3, -0.25) is 4.79 Å². The number of amides is 1. The first kappa shape index (κ1) is 9.08. The van der Waals surface area contributed by atoms with Gasteiger partial charge >= 0.3 is 0 Å². The number of nitrogens with one attached hydrogen (secondary N) is 1. The van der Waals surface area contributed by atoms with Crippen LogP contribution in [0.5, 0.6) is 0 Å². The average Bonchev–Trinajstić information content (AvgIpc) is 2.56. The summed E-state index contributed by atoms with van der Waals surface area (Å²) in [6, 6.07) is -0.207. The van der Waals surface area contributed by atoms with Gasteiger partial charge in [0.25, 0.3) is 0 Å². The van der Waals surface area contributed by atoms with Gasteiger partial charge in [-0.05, 0) is 19.8 Å². The van der Waals surface area contributed by atoms with E-state index in [4.69, 9.17) is 11.2 Å². The number of terminal acetylenes is 1. The van der Waals surface area contributed by atoms with Crippen LogP contribution in [0.25, 0.3) is 0 Å². The fourth-order valence-electron chi connectivity index (χ4n) is 1.13. The SMILES string of the molecule is C#CC(C)NC(=O)C1CCCO1. The minimum Gasteiger partial charge on any atom is -0.368 e. The van der Waals surface area contributed by atoms with Crippen LogP contribution in [-0.2, 0) is 9.53 Å². The van der Waals surface area contributed by atoms with Crippen LogP contribution in [0.3, 0.4) is 0 Å². The van der Waals surface area contributed by atoms with Gasteiger partial charge in [0.15, 0.2) is 0 Å². The number of hydrogen-bond acceptors (Lipinski definition) is 2. The maximum absolute atomic E-state index is 11.3. The fraction of sp³-hybridized carbons (Fsp3) is 0.667. The van der Waals surface area contributed by atoms with Gasteiger partial charge in [0.1, 0.15) is 6.10 Å². The highest BCUT2D eigenvalue weighted by molar-refractivity contribution is 5.81. The number of rotatable bonds is 2. The summed E-state index contributed by atoms with van der Waals surface area (Å²) >= 11 is 0. The van der Waals surface area contributed by atoms with Crippen molar-refractivity contribution in [3.63, 3.8) is 0 Å². The molecule has 2 unspecified atom stereocenters. The molecule has 12 heavy (non-hydrogen) atoms. The van der Waals surface area contributed by atoms with Crippen LogP contribution in [0, 0.1) is 12.3 Å². The van der Waals surface area contributed by atoms with Crippen LogP contribution in [0.1, 0.15) is 19.8 Å². The number of hydrogen-bond donors (Lipinski definition) is 1. The molecule has 3 nitrogen and oxygen atoms in total. The molecule has 0 aromatic rings. The Morgan fingerprint density at radius 3 is 3.08 bits per heavy atom. The van der Waals surface area contributed by atoms with E-state index in [0.29, 0.717) is 6.61 Å². The molecule has 1 aliphatic rings. The second-order valence-electron chi connectivity index (χ2n) is 2.90. The Balaban J connectivity index is 2.33. The van der Waals surface area contributed by atoms with Gasteiger partial charge in [0, 0.05) is 6.61 Å². The quantitative estimate of drug-likeness (QED) is 0.601. The molecule has 0 bridgehead atoms. The molecular formula is C9H13NO2. The standard InChI is InChI=1S/C9H13NO2/c1-3-7(2)10-9(11)8-5-4-6-12-8/h1,7-8H,4-6H2,2H3,(H,10,11). The third-order valence-corrected chi connectivity index (χ3v) is 1.83. The average molecular weight is 167 g/mol. The summed E-state index contributed by atoms with van der Waals surface area (Å²) in [5, 5.41) is 2.67. The van der Waals surface area contributed by atoms with Gasteiger partial charge in [-0.15, -0.1) is 6.42 Å². The maximum atomic E-state index is 11.3. The summed E-state index contributed by atoms with van der Waals surface area (Å²) < 4.78 is 5.18. The first-order chi connectivity index (χ1) is 5.74. The van der Waals surface area contributed by atoms with Gasteiger partial charge < -0.3 is 10.1 Å². The molecule has 0 saturated carbocycles. The second kappa shape index (κ2) is 4.13. The highest BCUT2D eigenvalue weighted by Gasteiger charge is 2.23. The minimum absolute atomic E-state index is 0.0852. The lowest BCUT2D eigenvalue weighted by atomic mass is 10.2. The van der Waals surface area contributed by atoms with Crippen LogP contribution < -0.4 is 5.32 Å². The molecule has 0 aromatic carbocycles. The van der Waals surface area contributed by atoms with E-state index in [0.717, 1.165) is 12.8 Å². The van der Waals surface area contributed by atoms with E-state index >= 15 is 0 Å². The number of ether oxygens (including phenoxy) is 1. The molecule has 0 aromatic heterocycles. The molecule has 66 valence electrons. The summed E-state index contributed by atoms with van der Waals surface area (Å²) in [6.07, 6.45) is 6.61. The Labute approximate surface area is 72.5 Å². The smallest absolute Gasteiger partial charge is 0.250 e. The van der Waals surface area contributed by atoms with Crippen LogP contribution in [0.15, 0.2) is 0 Å². The summed E-state index contributed by atoms with van der Waals surface area (Å²) in [5.41, 5.74) is 0. The van der Waals surface area contributed by atoms with E-state index in [1.165, 1.54) is 0 Å². The predicted molar refractivity (Wildman–Crippen MR) is 45.4 cm³/mol. The predicted octanol–water partition coefficient (Wildman–Crippen LogP) is 0.303. The van der Waals surface area contributed by atoms with Gasteiger partial charge in [-0.2, -0.15) is 0 Å². The molecule has 1 heterocycles. The third-order valence-electron chi connectivity index (χ3n) is 1.83. The van der Waals surface area contributed by atoms with Crippen molar-refractivity contribution in [3.05, 3.63) is 0 Å². The molecule has 1 rings (SSSR count). The van der Waals surface area contributed by atoms with Crippen LogP contribution >= 0.6 is 0 Å². The van der Waals surface area contributed by atoms with Crippen molar-refractivity contribution in [2.24, 2.45) is 0 Å². The zero-order valence-corrected chi connectivity index (χ0v) is 7.17. The van der Waals surface area contributed by atoms with Crippen LogP contribution in [0.4, 0.5) is 0 Å². The van der Waals surface area contributed by atoms with E-state index in [1.807, 2.05) is 0 Å². The molecule has 0 radical (unpaired) electrons. The molecule has 1 aliphatic heterocycles. The number of carbonyl (C=O) groups excluding carboxylic acids is 1. The zero-order valence-electron chi connectivity index (χ0n) is 7.17. The molecule has 0 spiro atoms. The lowest BCUT2D eigenvalue weighted by molar-refractivity contribution is -0.130. The van der Waals surface area contributed by atoms with Crippen molar-refractivity contribution >= 4 is 5.91 Å². The number of carbonyl (C=O) groups is 1. The molecule has 3 heteroatoms. The molecule has 1 amide bonds. The van der Waals surface area contributed by atoms with E-state index < -0.39 is 0 Å². The Morgan fingerprint density at radius 1 is 1.83 bits per heavy atom. The normalized spacial score (nSPS) is 24.5. The maximum Gasteiger partial charge on any atom is 0.250 e. The second-order valence-corrected chi connectivity index (χ2v) is 2.90. The highest BCUT2D eigenvalue weighted by atomic mass is 16.5. The topological polar surface area (TPSA) is 38.3 Å². The minimum atomic E-state index is -0.277. The van der Waals surface area contributed by atoms with Crippen molar-refractivity contribution in [2.45, 2.75) is 31.9 Å². The fourth-order valence-corrected chi connectivity index (χ4v) is 1.13. The van der Waals surface area contributed by atoms with Gasteiger partial charge in [-0.1, -0.05) is 5.92 Å². The van der Waals surface area contributed by atoms with E-state index in [2.05, 4.69) is 11.2 Å². The lowest BCUT2D eigenvalue weighted by Crippen LogP contribution is -2.39. The van der Waals surface area contributed by atoms with E-state index in [9.17, 15) is 4.79 Å². The molecule has 1 fully saturated rings. The van der Waals surface area contributed by atoms with E-state index in [-0.39, 0.29) is 18.1 Å². The molecule has 0 aliphatic carbocycles. The summed E-state index contributed by atoms with van der Waals surface area (Å²) in [6.45, 7) is 2.45. The van der Waals surface area contributed by atoms with Crippen LogP contribution in [-0.4, -0.2) is 24.7 Å². The highest BCUT2D eigenvalue weighted by Crippen LogP contribution is 2.11. The van der Waals surface area contributed by atoms with Crippen molar-refractivity contribution in [1.29, 1.82) is 0 Å². The van der Waals surface area contributed by atoms with Crippen molar-refractivity contribution in [3.8, 4) is 12.3 Å². The Morgan fingerprint density at radius 2 is 2.58 bits per heavy atom. The van der Waals surface area contributed by atoms with Gasteiger partial charge in [-0.25, -0.2) is 0 Å². The Hall–Kier alpha value is -1.01. The van der Waals surface area contributed by atoms with Gasteiger partial charge in [0.05, 0.1) is 6.04 Å². The first-order valence-corrected chi connectivity index (χ1v) is 4.12. The Kier molecular flexibility index (Phi) is 3.12. The van der Waals surface area contributed by atoms with E-state index in [1.54, 1.807) is 6.92 Å². The molecular weight excluding hydrogens is 154 g/mol. The zero-order chi connectivity index (χ0) is 8.97. The van der Waals surface area contributed by atoms with Crippen molar-refractivity contribution in [1.82, 2.24) is 5.32 Å². The summed E-state index contributed by atoms with van der Waals surface area (Å²) in [4.78, 5) is 11.3. The third kappa shape index (κ3) is 2.24. The van der Waals surface area contributed by atoms with Crippen molar-refractivity contribution < 1.29 is 9.53 Å². The van der Waals surface area contributed by atoms with Gasteiger partial charge in [0.2, 0.25) is 5.91 Å². The molecule has 2 atom stereocenters. The first-order valence-electron chi connectivity index (χ1n) is 4.12. The summed E-state index contributed by atoms with van der Waals surface area (Å²) in [5.74, 6) is 2.35. The summed E-state index contributed by atoms with van der Waals surface area (Å²) in [7, 11) is 0. The Bertz CT molecular complexity index is 201. The molecule has 1 N–H and O–H groups in total. The monoisotopic (exact) mass is 167 g/mol. The lowest BCUT2D eigenvalue weighted by Gasteiger charge is -2.11. The van der Waals surface area contributed by atoms with Crippen LogP contribution in [0.2, 0.25) is 0 Å². The van der Waals surface area contributed by atoms with Crippen molar-refractivity contribution in [2.75, 3.05) is 6.61 Å². The largest absolute Gasteiger partial charge is 0.368 e.